The minimum Gasteiger partial charge on any atom is -0.338 e. The van der Waals surface area contributed by atoms with E-state index >= 15 is 0 Å². The second-order valence-corrected chi connectivity index (χ2v) is 8.84. The first-order valence-corrected chi connectivity index (χ1v) is 10.4. The van der Waals surface area contributed by atoms with Gasteiger partial charge in [0, 0.05) is 24.7 Å². The van der Waals surface area contributed by atoms with Crippen LogP contribution in [0, 0.1) is 5.92 Å². The number of hydrogen-bond donors (Lipinski definition) is 1. The number of sulfonamides is 1. The van der Waals surface area contributed by atoms with Crippen molar-refractivity contribution in [1.29, 1.82) is 0 Å². The highest BCUT2D eigenvalue weighted by atomic mass is 32.2. The quantitative estimate of drug-likeness (QED) is 0.908. The van der Waals surface area contributed by atoms with Crippen molar-refractivity contribution < 1.29 is 13.2 Å². The van der Waals surface area contributed by atoms with Gasteiger partial charge in [0.15, 0.2) is 0 Å². The predicted molar refractivity (Wildman–Crippen MR) is 93.3 cm³/mol. The lowest BCUT2D eigenvalue weighted by atomic mass is 9.99. The number of amides is 1. The van der Waals surface area contributed by atoms with E-state index in [2.05, 4.69) is 11.6 Å². The van der Waals surface area contributed by atoms with Gasteiger partial charge in [0.25, 0.3) is 5.91 Å². The summed E-state index contributed by atoms with van der Waals surface area (Å²) < 4.78 is 27.9. The Morgan fingerprint density at radius 2 is 1.92 bits per heavy atom. The Morgan fingerprint density at radius 3 is 2.62 bits per heavy atom. The molecule has 0 bridgehead atoms. The first-order valence-electron chi connectivity index (χ1n) is 8.87. The maximum Gasteiger partial charge on any atom is 0.253 e. The standard InChI is InChI=1S/C18H26N2O3S/c1-14-6-5-11-20(13-14)18(21)15-7-4-10-17(12-15)24(22,23)19-16-8-2-3-9-16/h4,7,10,12,14,16,19H,2-3,5-6,8-9,11,13H2,1H3. The molecular weight excluding hydrogens is 324 g/mol. The molecule has 0 spiro atoms. The fraction of sp³-hybridized carbons (Fsp3) is 0.611. The molecule has 1 unspecified atom stereocenters. The molecule has 1 aromatic rings. The fourth-order valence-electron chi connectivity index (χ4n) is 3.68. The number of likely N-dealkylation sites (tertiary alicyclic amines) is 1. The summed E-state index contributed by atoms with van der Waals surface area (Å²) in [5.41, 5.74) is 0.457. The molecule has 3 rings (SSSR count). The molecule has 24 heavy (non-hydrogen) atoms. The van der Waals surface area contributed by atoms with Crippen molar-refractivity contribution >= 4 is 15.9 Å². The van der Waals surface area contributed by atoms with E-state index in [9.17, 15) is 13.2 Å². The second-order valence-electron chi connectivity index (χ2n) is 7.13. The van der Waals surface area contributed by atoms with E-state index in [1.54, 1.807) is 18.2 Å². The summed E-state index contributed by atoms with van der Waals surface area (Å²) in [6.07, 6.45) is 6.07. The fourth-order valence-corrected chi connectivity index (χ4v) is 5.03. The molecule has 2 fully saturated rings. The van der Waals surface area contributed by atoms with Crippen LogP contribution in [0.2, 0.25) is 0 Å². The summed E-state index contributed by atoms with van der Waals surface area (Å²) >= 11 is 0. The summed E-state index contributed by atoms with van der Waals surface area (Å²) in [5, 5.41) is 0. The minimum absolute atomic E-state index is 0.0253. The average Bonchev–Trinajstić information content (AvgIpc) is 3.06. The molecule has 1 amide bonds. The maximum absolute atomic E-state index is 12.7. The third-order valence-corrected chi connectivity index (χ3v) is 6.53. The molecule has 1 aromatic carbocycles. The van der Waals surface area contributed by atoms with Gasteiger partial charge in [-0.3, -0.25) is 4.79 Å². The maximum atomic E-state index is 12.7. The van der Waals surface area contributed by atoms with Crippen LogP contribution in [0.15, 0.2) is 29.2 Å². The summed E-state index contributed by atoms with van der Waals surface area (Å²) in [6, 6.07) is 6.46. The molecule has 1 N–H and O–H groups in total. The molecular formula is C18H26N2O3S. The van der Waals surface area contributed by atoms with Crippen LogP contribution in [0.1, 0.15) is 55.8 Å². The number of piperidine rings is 1. The molecule has 132 valence electrons. The second kappa shape index (κ2) is 7.23. The third-order valence-electron chi connectivity index (χ3n) is 5.01. The van der Waals surface area contributed by atoms with E-state index in [1.807, 2.05) is 4.90 Å². The van der Waals surface area contributed by atoms with Gasteiger partial charge >= 0.3 is 0 Å². The van der Waals surface area contributed by atoms with Gasteiger partial charge in [-0.25, -0.2) is 13.1 Å². The monoisotopic (exact) mass is 350 g/mol. The van der Waals surface area contributed by atoms with Crippen LogP contribution in [-0.4, -0.2) is 38.4 Å². The normalized spacial score (nSPS) is 22.7. The van der Waals surface area contributed by atoms with Crippen LogP contribution in [0.3, 0.4) is 0 Å². The van der Waals surface area contributed by atoms with Crippen molar-refractivity contribution in [3.8, 4) is 0 Å². The summed E-state index contributed by atoms with van der Waals surface area (Å²) in [5.74, 6) is 0.429. The Morgan fingerprint density at radius 1 is 1.17 bits per heavy atom. The minimum atomic E-state index is -3.56. The number of nitrogens with one attached hydrogen (secondary N) is 1. The van der Waals surface area contributed by atoms with E-state index in [1.165, 1.54) is 6.07 Å². The first kappa shape index (κ1) is 17.4. The molecule has 0 aromatic heterocycles. The Labute approximate surface area is 144 Å². The van der Waals surface area contributed by atoms with Gasteiger partial charge in [-0.1, -0.05) is 25.8 Å². The smallest absolute Gasteiger partial charge is 0.253 e. The highest BCUT2D eigenvalue weighted by Crippen LogP contribution is 2.22. The van der Waals surface area contributed by atoms with Crippen molar-refractivity contribution in [2.75, 3.05) is 13.1 Å². The van der Waals surface area contributed by atoms with Gasteiger partial charge in [-0.2, -0.15) is 0 Å². The molecule has 1 heterocycles. The van der Waals surface area contributed by atoms with Gasteiger partial charge in [0.2, 0.25) is 10.0 Å². The highest BCUT2D eigenvalue weighted by Gasteiger charge is 2.25. The van der Waals surface area contributed by atoms with Crippen LogP contribution in [0.4, 0.5) is 0 Å². The first-order chi connectivity index (χ1) is 11.5. The molecule has 5 nitrogen and oxygen atoms in total. The van der Waals surface area contributed by atoms with E-state index in [0.717, 1.165) is 51.6 Å². The summed E-state index contributed by atoms with van der Waals surface area (Å²) in [4.78, 5) is 14.7. The largest absolute Gasteiger partial charge is 0.338 e. The van der Waals surface area contributed by atoms with Gasteiger partial charge in [-0.05, 0) is 49.8 Å². The number of rotatable bonds is 4. The third kappa shape index (κ3) is 3.98. The molecule has 2 aliphatic rings. The number of nitrogens with zero attached hydrogens (tertiary/aromatic N) is 1. The van der Waals surface area contributed by atoms with E-state index < -0.39 is 10.0 Å². The number of carbonyl (C=O) groups is 1. The zero-order chi connectivity index (χ0) is 17.2. The molecule has 1 saturated heterocycles. The zero-order valence-corrected chi connectivity index (χ0v) is 15.0. The molecule has 1 aliphatic heterocycles. The summed E-state index contributed by atoms with van der Waals surface area (Å²) in [7, 11) is -3.56. The topological polar surface area (TPSA) is 66.5 Å². The van der Waals surface area contributed by atoms with Crippen LogP contribution in [-0.2, 0) is 10.0 Å². The SMILES string of the molecule is CC1CCCN(C(=O)c2cccc(S(=O)(=O)NC3CCCC3)c2)C1. The van der Waals surface area contributed by atoms with E-state index in [-0.39, 0.29) is 16.8 Å². The van der Waals surface area contributed by atoms with Crippen LogP contribution in [0.5, 0.6) is 0 Å². The van der Waals surface area contributed by atoms with Gasteiger partial charge in [0.05, 0.1) is 4.90 Å². The predicted octanol–water partition coefficient (Wildman–Crippen LogP) is 2.78. The van der Waals surface area contributed by atoms with Crippen molar-refractivity contribution in [2.24, 2.45) is 5.92 Å². The number of hydrogen-bond acceptors (Lipinski definition) is 3. The lowest BCUT2D eigenvalue weighted by molar-refractivity contribution is 0.0683. The molecule has 6 heteroatoms. The van der Waals surface area contributed by atoms with Crippen LogP contribution in [0.25, 0.3) is 0 Å². The Bertz CT molecular complexity index is 696. The van der Waals surface area contributed by atoms with Gasteiger partial charge in [0.1, 0.15) is 0 Å². The van der Waals surface area contributed by atoms with Crippen LogP contribution < -0.4 is 4.72 Å². The summed E-state index contributed by atoms with van der Waals surface area (Å²) in [6.45, 7) is 3.64. The Balaban J connectivity index is 1.76. The van der Waals surface area contributed by atoms with Crippen molar-refractivity contribution in [1.82, 2.24) is 9.62 Å². The van der Waals surface area contributed by atoms with E-state index in [0.29, 0.717) is 11.5 Å². The van der Waals surface area contributed by atoms with Crippen molar-refractivity contribution in [3.63, 3.8) is 0 Å². The lowest BCUT2D eigenvalue weighted by Crippen LogP contribution is -2.39. The Kier molecular flexibility index (Phi) is 5.25. The molecule has 1 atom stereocenters. The molecule has 0 radical (unpaired) electrons. The molecule has 1 saturated carbocycles. The van der Waals surface area contributed by atoms with Crippen LogP contribution >= 0.6 is 0 Å². The number of carbonyl (C=O) groups excluding carboxylic acids is 1. The average molecular weight is 350 g/mol. The zero-order valence-electron chi connectivity index (χ0n) is 14.2. The highest BCUT2D eigenvalue weighted by molar-refractivity contribution is 7.89. The van der Waals surface area contributed by atoms with Crippen molar-refractivity contribution in [2.45, 2.75) is 56.4 Å². The molecule has 1 aliphatic carbocycles. The van der Waals surface area contributed by atoms with Crippen molar-refractivity contribution in [3.05, 3.63) is 29.8 Å². The van der Waals surface area contributed by atoms with Gasteiger partial charge < -0.3 is 4.90 Å². The Hall–Kier alpha value is -1.40. The van der Waals surface area contributed by atoms with Gasteiger partial charge in [-0.15, -0.1) is 0 Å². The van der Waals surface area contributed by atoms with E-state index in [4.69, 9.17) is 0 Å². The number of benzene rings is 1. The lowest BCUT2D eigenvalue weighted by Gasteiger charge is -2.31.